The molecule has 2 fully saturated rings. The highest BCUT2D eigenvalue weighted by Crippen LogP contribution is 2.29. The van der Waals surface area contributed by atoms with Crippen LogP contribution in [0.2, 0.25) is 0 Å². The molecule has 3 heterocycles. The van der Waals surface area contributed by atoms with Gasteiger partial charge in [0, 0.05) is 26.2 Å². The van der Waals surface area contributed by atoms with Gasteiger partial charge >= 0.3 is 6.18 Å². The number of nitrogens with zero attached hydrogens (tertiary/aromatic N) is 6. The molecule has 2 aromatic rings. The van der Waals surface area contributed by atoms with Crippen LogP contribution in [-0.4, -0.2) is 60.6 Å². The van der Waals surface area contributed by atoms with E-state index in [1.807, 2.05) is 4.90 Å². The topological polar surface area (TPSA) is 78.8 Å². The Morgan fingerprint density at radius 2 is 1.50 bits per heavy atom. The molecule has 0 radical (unpaired) electrons. The van der Waals surface area contributed by atoms with Crippen molar-refractivity contribution in [2.45, 2.75) is 19.0 Å². The quantitative estimate of drug-likeness (QED) is 0.588. The molecular weight excluding hydrogens is 399 g/mol. The monoisotopic (exact) mass is 421 g/mol. The highest BCUT2D eigenvalue weighted by Gasteiger charge is 2.29. The lowest BCUT2D eigenvalue weighted by atomic mass is 10.1. The molecule has 0 atom stereocenters. The molecule has 1 N–H and O–H groups in total. The molecule has 4 rings (SSSR count). The number of ether oxygens (including phenoxy) is 1. The van der Waals surface area contributed by atoms with Crippen molar-refractivity contribution in [3.05, 3.63) is 35.4 Å². The van der Waals surface area contributed by atoms with E-state index in [0.717, 1.165) is 38.1 Å². The first kappa shape index (κ1) is 20.3. The van der Waals surface area contributed by atoms with Crippen LogP contribution in [0, 0.1) is 0 Å². The van der Waals surface area contributed by atoms with Gasteiger partial charge < -0.3 is 14.5 Å². The van der Waals surface area contributed by atoms with Gasteiger partial charge in [-0.3, -0.25) is 0 Å². The Morgan fingerprint density at radius 3 is 2.10 bits per heavy atom. The number of morpholine rings is 1. The van der Waals surface area contributed by atoms with E-state index in [1.165, 1.54) is 18.3 Å². The van der Waals surface area contributed by atoms with E-state index in [1.54, 1.807) is 0 Å². The fraction of sp³-hybridized carbons (Fsp3) is 0.474. The molecule has 1 aromatic heterocycles. The van der Waals surface area contributed by atoms with Crippen molar-refractivity contribution in [2.75, 3.05) is 54.6 Å². The van der Waals surface area contributed by atoms with Crippen LogP contribution in [0.5, 0.6) is 0 Å². The molecule has 0 saturated carbocycles. The Hall–Kier alpha value is -2.95. The lowest BCUT2D eigenvalue weighted by molar-refractivity contribution is -0.137. The third-order valence-electron chi connectivity index (χ3n) is 4.91. The summed E-state index contributed by atoms with van der Waals surface area (Å²) in [4.78, 5) is 17.7. The van der Waals surface area contributed by atoms with E-state index < -0.39 is 11.7 Å². The Balaban J connectivity index is 1.50. The number of benzene rings is 1. The second-order valence-electron chi connectivity index (χ2n) is 7.04. The van der Waals surface area contributed by atoms with Crippen LogP contribution in [0.25, 0.3) is 0 Å². The highest BCUT2D eigenvalue weighted by molar-refractivity contribution is 5.80. The van der Waals surface area contributed by atoms with Crippen LogP contribution >= 0.6 is 0 Å². The van der Waals surface area contributed by atoms with Gasteiger partial charge in [0.05, 0.1) is 25.0 Å². The van der Waals surface area contributed by atoms with Crippen LogP contribution in [0.4, 0.5) is 31.0 Å². The molecule has 0 spiro atoms. The molecule has 0 amide bonds. The molecule has 0 aliphatic carbocycles. The average Bonchev–Trinajstić information content (AvgIpc) is 3.29. The minimum absolute atomic E-state index is 0.288. The van der Waals surface area contributed by atoms with Gasteiger partial charge in [-0.25, -0.2) is 5.43 Å². The summed E-state index contributed by atoms with van der Waals surface area (Å²) in [6.07, 6.45) is -0.755. The number of hydrogen-bond donors (Lipinski definition) is 1. The Kier molecular flexibility index (Phi) is 5.98. The smallest absolute Gasteiger partial charge is 0.378 e. The van der Waals surface area contributed by atoms with Crippen molar-refractivity contribution in [1.82, 2.24) is 15.0 Å². The number of aromatic nitrogens is 3. The average molecular weight is 421 g/mol. The van der Waals surface area contributed by atoms with E-state index in [2.05, 4.69) is 30.4 Å². The first-order valence-corrected chi connectivity index (χ1v) is 9.79. The lowest BCUT2D eigenvalue weighted by Crippen LogP contribution is -2.38. The van der Waals surface area contributed by atoms with Crippen molar-refractivity contribution in [1.29, 1.82) is 0 Å². The van der Waals surface area contributed by atoms with Crippen LogP contribution in [0.3, 0.4) is 0 Å². The standard InChI is InChI=1S/C19H22F3N7O/c20-19(21,22)15-5-3-14(4-6-15)13-23-27-16-24-17(28-7-1-2-8-28)26-18(25-16)29-9-11-30-12-10-29/h3-6,13H,1-2,7-12H2,(H,24,25,26,27). The number of alkyl halides is 3. The molecule has 1 aromatic carbocycles. The van der Waals surface area contributed by atoms with E-state index in [9.17, 15) is 13.2 Å². The molecule has 0 unspecified atom stereocenters. The predicted molar refractivity (Wildman–Crippen MR) is 107 cm³/mol. The van der Waals surface area contributed by atoms with Crippen LogP contribution in [0.1, 0.15) is 24.0 Å². The number of anilines is 3. The zero-order chi connectivity index (χ0) is 21.0. The number of hydrazone groups is 1. The fourth-order valence-electron chi connectivity index (χ4n) is 3.29. The molecule has 2 saturated heterocycles. The van der Waals surface area contributed by atoms with Crippen LogP contribution < -0.4 is 15.2 Å². The van der Waals surface area contributed by atoms with Gasteiger partial charge in [-0.15, -0.1) is 0 Å². The maximum absolute atomic E-state index is 12.7. The minimum Gasteiger partial charge on any atom is -0.378 e. The lowest BCUT2D eigenvalue weighted by Gasteiger charge is -2.27. The summed E-state index contributed by atoms with van der Waals surface area (Å²) in [6.45, 7) is 4.39. The van der Waals surface area contributed by atoms with Gasteiger partial charge in [-0.2, -0.15) is 33.2 Å². The third-order valence-corrected chi connectivity index (χ3v) is 4.91. The molecule has 2 aliphatic rings. The Bertz CT molecular complexity index is 877. The van der Waals surface area contributed by atoms with Crippen LogP contribution in [0.15, 0.2) is 29.4 Å². The molecule has 11 heteroatoms. The summed E-state index contributed by atoms with van der Waals surface area (Å²) in [5.41, 5.74) is 2.61. The molecule has 0 bridgehead atoms. The zero-order valence-electron chi connectivity index (χ0n) is 16.3. The van der Waals surface area contributed by atoms with E-state index in [0.29, 0.717) is 43.8 Å². The van der Waals surface area contributed by atoms with E-state index in [-0.39, 0.29) is 5.95 Å². The second-order valence-corrected chi connectivity index (χ2v) is 7.04. The maximum Gasteiger partial charge on any atom is 0.416 e. The minimum atomic E-state index is -4.36. The van der Waals surface area contributed by atoms with Gasteiger partial charge in [0.15, 0.2) is 0 Å². The molecular formula is C19H22F3N7O. The number of nitrogens with one attached hydrogen (secondary N) is 1. The van der Waals surface area contributed by atoms with Gasteiger partial charge in [-0.1, -0.05) is 12.1 Å². The summed E-state index contributed by atoms with van der Waals surface area (Å²) in [7, 11) is 0. The summed E-state index contributed by atoms with van der Waals surface area (Å²) in [5.74, 6) is 1.44. The summed E-state index contributed by atoms with van der Waals surface area (Å²) < 4.78 is 43.4. The van der Waals surface area contributed by atoms with Crippen molar-refractivity contribution < 1.29 is 17.9 Å². The second kappa shape index (κ2) is 8.82. The maximum atomic E-state index is 12.7. The summed E-state index contributed by atoms with van der Waals surface area (Å²) >= 11 is 0. The van der Waals surface area contributed by atoms with Crippen molar-refractivity contribution >= 4 is 24.1 Å². The van der Waals surface area contributed by atoms with Gasteiger partial charge in [-0.05, 0) is 30.5 Å². The number of hydrogen-bond acceptors (Lipinski definition) is 8. The SMILES string of the molecule is FC(F)(F)c1ccc(C=NNc2nc(N3CCCC3)nc(N3CCOCC3)n2)cc1. The molecule has 2 aliphatic heterocycles. The molecule has 30 heavy (non-hydrogen) atoms. The summed E-state index contributed by atoms with van der Waals surface area (Å²) in [5, 5.41) is 4.09. The predicted octanol–water partition coefficient (Wildman–Crippen LogP) is 2.77. The van der Waals surface area contributed by atoms with E-state index in [4.69, 9.17) is 4.74 Å². The third kappa shape index (κ3) is 4.96. The van der Waals surface area contributed by atoms with Crippen molar-refractivity contribution in [3.8, 4) is 0 Å². The van der Waals surface area contributed by atoms with Crippen molar-refractivity contribution in [2.24, 2.45) is 5.10 Å². The molecule has 160 valence electrons. The number of halogens is 3. The van der Waals surface area contributed by atoms with Crippen molar-refractivity contribution in [3.63, 3.8) is 0 Å². The van der Waals surface area contributed by atoms with E-state index >= 15 is 0 Å². The van der Waals surface area contributed by atoms with Gasteiger partial charge in [0.2, 0.25) is 17.8 Å². The Morgan fingerprint density at radius 1 is 0.900 bits per heavy atom. The zero-order valence-corrected chi connectivity index (χ0v) is 16.3. The molecule has 8 nitrogen and oxygen atoms in total. The normalized spacial score (nSPS) is 17.7. The largest absolute Gasteiger partial charge is 0.416 e. The van der Waals surface area contributed by atoms with Gasteiger partial charge in [0.25, 0.3) is 0 Å². The fourth-order valence-corrected chi connectivity index (χ4v) is 3.29. The first-order valence-electron chi connectivity index (χ1n) is 9.79. The van der Waals surface area contributed by atoms with Crippen LogP contribution in [-0.2, 0) is 10.9 Å². The highest BCUT2D eigenvalue weighted by atomic mass is 19.4. The number of rotatable bonds is 5. The first-order chi connectivity index (χ1) is 14.5. The Labute approximate surface area is 171 Å². The summed E-state index contributed by atoms with van der Waals surface area (Å²) in [6, 6.07) is 4.76. The van der Waals surface area contributed by atoms with Gasteiger partial charge in [0.1, 0.15) is 0 Å².